The van der Waals surface area contributed by atoms with Crippen LogP contribution in [0.4, 0.5) is 5.82 Å². The average molecular weight is 353 g/mol. The van der Waals surface area contributed by atoms with Gasteiger partial charge in [0.05, 0.1) is 12.2 Å². The third-order valence-corrected chi connectivity index (χ3v) is 4.92. The molecule has 0 spiro atoms. The molecule has 0 bridgehead atoms. The Hall–Kier alpha value is -2.54. The summed E-state index contributed by atoms with van der Waals surface area (Å²) < 4.78 is 5.57. The quantitative estimate of drug-likeness (QED) is 0.836. The van der Waals surface area contributed by atoms with Crippen molar-refractivity contribution in [1.82, 2.24) is 19.9 Å². The van der Waals surface area contributed by atoms with Gasteiger partial charge >= 0.3 is 0 Å². The van der Waals surface area contributed by atoms with Gasteiger partial charge in [0.2, 0.25) is 0 Å². The molecule has 1 unspecified atom stereocenters. The summed E-state index contributed by atoms with van der Waals surface area (Å²) in [6, 6.07) is 3.80. The molecule has 7 nitrogen and oxygen atoms in total. The van der Waals surface area contributed by atoms with E-state index in [0.29, 0.717) is 25.5 Å². The number of ether oxygens (including phenoxy) is 1. The number of aromatic nitrogens is 3. The molecule has 0 aliphatic carbocycles. The highest BCUT2D eigenvalue weighted by Gasteiger charge is 2.32. The Labute approximate surface area is 153 Å². The Bertz CT molecular complexity index is 803. The van der Waals surface area contributed by atoms with E-state index in [1.165, 1.54) is 0 Å². The van der Waals surface area contributed by atoms with Crippen molar-refractivity contribution >= 4 is 11.7 Å². The lowest BCUT2D eigenvalue weighted by atomic mass is 10.0. The molecule has 2 aromatic heterocycles. The van der Waals surface area contributed by atoms with Gasteiger partial charge in [0.1, 0.15) is 11.9 Å². The van der Waals surface area contributed by atoms with Gasteiger partial charge in [-0.25, -0.2) is 9.97 Å². The summed E-state index contributed by atoms with van der Waals surface area (Å²) in [7, 11) is 3.98. The number of fused-ring (bicyclic) bond motifs is 1. The Morgan fingerprint density at radius 2 is 2.08 bits per heavy atom. The maximum absolute atomic E-state index is 12.7. The maximum atomic E-state index is 12.7. The molecule has 0 saturated carbocycles. The van der Waals surface area contributed by atoms with Gasteiger partial charge < -0.3 is 14.5 Å². The van der Waals surface area contributed by atoms with Crippen molar-refractivity contribution < 1.29 is 9.53 Å². The van der Waals surface area contributed by atoms with E-state index in [4.69, 9.17) is 14.7 Å². The van der Waals surface area contributed by atoms with Gasteiger partial charge in [0, 0.05) is 50.8 Å². The fourth-order valence-corrected chi connectivity index (χ4v) is 3.57. The van der Waals surface area contributed by atoms with Crippen LogP contribution in [0.3, 0.4) is 0 Å². The van der Waals surface area contributed by atoms with Crippen LogP contribution >= 0.6 is 0 Å². The molecule has 2 aromatic rings. The second kappa shape index (κ2) is 6.99. The van der Waals surface area contributed by atoms with Gasteiger partial charge in [-0.15, -0.1) is 0 Å². The van der Waals surface area contributed by atoms with Crippen LogP contribution in [0.5, 0.6) is 0 Å². The Balaban J connectivity index is 1.68. The van der Waals surface area contributed by atoms with Gasteiger partial charge in [-0.1, -0.05) is 0 Å². The average Bonchev–Trinajstić information content (AvgIpc) is 3.21. The van der Waals surface area contributed by atoms with Crippen LogP contribution in [0, 0.1) is 0 Å². The number of rotatable bonds is 3. The number of hydrogen-bond acceptors (Lipinski definition) is 6. The van der Waals surface area contributed by atoms with Crippen LogP contribution < -0.4 is 4.90 Å². The highest BCUT2D eigenvalue weighted by molar-refractivity contribution is 5.81. The first-order valence-electron chi connectivity index (χ1n) is 9.01. The van der Waals surface area contributed by atoms with Crippen molar-refractivity contribution in [1.29, 1.82) is 0 Å². The molecule has 1 saturated heterocycles. The lowest BCUT2D eigenvalue weighted by Crippen LogP contribution is -2.42. The monoisotopic (exact) mass is 353 g/mol. The van der Waals surface area contributed by atoms with Crippen molar-refractivity contribution in [2.75, 3.05) is 32.1 Å². The number of nitrogens with zero attached hydrogens (tertiary/aromatic N) is 5. The lowest BCUT2D eigenvalue weighted by Gasteiger charge is -2.32. The van der Waals surface area contributed by atoms with E-state index < -0.39 is 0 Å². The molecule has 2 aliphatic rings. The van der Waals surface area contributed by atoms with Crippen molar-refractivity contribution in [2.24, 2.45) is 0 Å². The van der Waals surface area contributed by atoms with Crippen LogP contribution in [0.2, 0.25) is 0 Å². The van der Waals surface area contributed by atoms with Crippen molar-refractivity contribution in [3.05, 3.63) is 35.8 Å². The minimum Gasteiger partial charge on any atom is -0.368 e. The molecule has 0 radical (unpaired) electrons. The third kappa shape index (κ3) is 3.14. The number of amides is 1. The van der Waals surface area contributed by atoms with Gasteiger partial charge in [-0.05, 0) is 31.4 Å². The van der Waals surface area contributed by atoms with E-state index in [0.717, 1.165) is 41.9 Å². The second-order valence-corrected chi connectivity index (χ2v) is 6.94. The first-order valence-corrected chi connectivity index (χ1v) is 9.01. The third-order valence-electron chi connectivity index (χ3n) is 4.92. The fourth-order valence-electron chi connectivity index (χ4n) is 3.57. The van der Waals surface area contributed by atoms with Crippen LogP contribution in [0.15, 0.2) is 24.5 Å². The van der Waals surface area contributed by atoms with E-state index in [1.54, 1.807) is 12.4 Å². The van der Waals surface area contributed by atoms with Crippen molar-refractivity contribution in [3.8, 4) is 11.4 Å². The molecular formula is C19H23N5O2. The largest absolute Gasteiger partial charge is 0.368 e. The van der Waals surface area contributed by atoms with Gasteiger partial charge in [-0.3, -0.25) is 9.78 Å². The van der Waals surface area contributed by atoms with Crippen LogP contribution in [0.25, 0.3) is 11.4 Å². The second-order valence-electron chi connectivity index (χ2n) is 6.94. The predicted octanol–water partition coefficient (Wildman–Crippen LogP) is 1.67. The zero-order valence-corrected chi connectivity index (χ0v) is 15.2. The number of anilines is 1. The smallest absolute Gasteiger partial charge is 0.252 e. The summed E-state index contributed by atoms with van der Waals surface area (Å²) in [5.74, 6) is 1.68. The standard InChI is InChI=1S/C19H23N5O2/c1-23(2)18-14-7-10-24(19(25)16-4-3-11-26-16)12-15(14)21-17(22-18)13-5-8-20-9-6-13/h5-6,8-9,16H,3-4,7,10-12H2,1-2H3. The van der Waals surface area contributed by atoms with E-state index in [1.807, 2.05) is 36.0 Å². The summed E-state index contributed by atoms with van der Waals surface area (Å²) >= 11 is 0. The molecule has 4 rings (SSSR count). The van der Waals surface area contributed by atoms with Crippen LogP contribution in [-0.4, -0.2) is 59.1 Å². The molecule has 1 atom stereocenters. The first-order chi connectivity index (χ1) is 12.6. The number of carbonyl (C=O) groups is 1. The Morgan fingerprint density at radius 3 is 2.77 bits per heavy atom. The van der Waals surface area contributed by atoms with Gasteiger partial charge in [0.25, 0.3) is 5.91 Å². The zero-order valence-electron chi connectivity index (χ0n) is 15.2. The molecule has 1 fully saturated rings. The Kier molecular flexibility index (Phi) is 4.55. The summed E-state index contributed by atoms with van der Waals surface area (Å²) in [6.45, 7) is 1.87. The fraction of sp³-hybridized carbons (Fsp3) is 0.474. The zero-order chi connectivity index (χ0) is 18.1. The van der Waals surface area contributed by atoms with E-state index in [-0.39, 0.29) is 12.0 Å². The minimum atomic E-state index is -0.286. The van der Waals surface area contributed by atoms with Gasteiger partial charge in [0.15, 0.2) is 5.82 Å². The molecule has 2 aliphatic heterocycles. The van der Waals surface area contributed by atoms with E-state index >= 15 is 0 Å². The van der Waals surface area contributed by atoms with E-state index in [9.17, 15) is 4.79 Å². The van der Waals surface area contributed by atoms with E-state index in [2.05, 4.69) is 4.98 Å². The minimum absolute atomic E-state index is 0.0867. The number of carbonyl (C=O) groups excluding carboxylic acids is 1. The summed E-state index contributed by atoms with van der Waals surface area (Å²) in [5.41, 5.74) is 2.98. The molecule has 7 heteroatoms. The summed E-state index contributed by atoms with van der Waals surface area (Å²) in [5, 5.41) is 0. The van der Waals surface area contributed by atoms with Gasteiger partial charge in [-0.2, -0.15) is 0 Å². The molecule has 26 heavy (non-hydrogen) atoms. The molecular weight excluding hydrogens is 330 g/mol. The summed E-state index contributed by atoms with van der Waals surface area (Å²) in [4.78, 5) is 30.2. The molecule has 0 N–H and O–H groups in total. The maximum Gasteiger partial charge on any atom is 0.252 e. The summed E-state index contributed by atoms with van der Waals surface area (Å²) in [6.07, 6.45) is 5.72. The SMILES string of the molecule is CN(C)c1nc(-c2ccncc2)nc2c1CCN(C(=O)C1CCCO1)C2. The number of hydrogen-bond donors (Lipinski definition) is 0. The highest BCUT2D eigenvalue weighted by Crippen LogP contribution is 2.29. The van der Waals surface area contributed by atoms with Crippen molar-refractivity contribution in [3.63, 3.8) is 0 Å². The van der Waals surface area contributed by atoms with Crippen LogP contribution in [0.1, 0.15) is 24.1 Å². The van der Waals surface area contributed by atoms with Crippen LogP contribution in [-0.2, 0) is 22.5 Å². The molecule has 136 valence electrons. The van der Waals surface area contributed by atoms with Crippen molar-refractivity contribution in [2.45, 2.75) is 31.9 Å². The molecule has 1 amide bonds. The number of pyridine rings is 1. The molecule has 0 aromatic carbocycles. The Morgan fingerprint density at radius 1 is 1.27 bits per heavy atom. The first kappa shape index (κ1) is 16.9. The lowest BCUT2D eigenvalue weighted by molar-refractivity contribution is -0.141. The topological polar surface area (TPSA) is 71.5 Å². The normalized spacial score (nSPS) is 19.3. The highest BCUT2D eigenvalue weighted by atomic mass is 16.5. The predicted molar refractivity (Wildman–Crippen MR) is 97.7 cm³/mol. The molecule has 4 heterocycles.